The highest BCUT2D eigenvalue weighted by molar-refractivity contribution is 7.99. The van der Waals surface area contributed by atoms with Gasteiger partial charge in [0.05, 0.1) is 37.2 Å². The number of Topliss-reactive ketones (excluding diaryl/α,β-unsaturated/α-hetero) is 1. The van der Waals surface area contributed by atoms with Crippen molar-refractivity contribution in [3.63, 3.8) is 0 Å². The molecule has 1 saturated heterocycles. The van der Waals surface area contributed by atoms with E-state index < -0.39 is 0 Å². The third-order valence-corrected chi connectivity index (χ3v) is 6.41. The van der Waals surface area contributed by atoms with Crippen LogP contribution in [-0.2, 0) is 6.67 Å². The van der Waals surface area contributed by atoms with E-state index in [1.54, 1.807) is 23.6 Å². The first kappa shape index (κ1) is 19.7. The number of nitrogens with zero attached hydrogens (tertiary/aromatic N) is 3. The van der Waals surface area contributed by atoms with Crippen molar-refractivity contribution in [3.8, 4) is 0 Å². The van der Waals surface area contributed by atoms with Crippen LogP contribution in [0.5, 0.6) is 0 Å². The first-order chi connectivity index (χ1) is 14.2. The summed E-state index contributed by atoms with van der Waals surface area (Å²) in [6.07, 6.45) is 1.93. The Morgan fingerprint density at radius 1 is 1.17 bits per heavy atom. The van der Waals surface area contributed by atoms with Crippen LogP contribution in [0.3, 0.4) is 0 Å². The second-order valence-electron chi connectivity index (χ2n) is 7.41. The van der Waals surface area contributed by atoms with Gasteiger partial charge in [-0.3, -0.25) is 9.36 Å². The largest absolute Gasteiger partial charge is 0.360 e. The molecule has 1 aromatic heterocycles. The van der Waals surface area contributed by atoms with E-state index in [2.05, 4.69) is 46.4 Å². The summed E-state index contributed by atoms with van der Waals surface area (Å²) in [6.45, 7) is 10.5. The summed E-state index contributed by atoms with van der Waals surface area (Å²) >= 11 is 1.74. The van der Waals surface area contributed by atoms with Crippen LogP contribution in [0.15, 0.2) is 66.3 Å². The zero-order valence-corrected chi connectivity index (χ0v) is 17.6. The van der Waals surface area contributed by atoms with Crippen molar-refractivity contribution >= 4 is 34.3 Å². The average molecular weight is 408 g/mol. The van der Waals surface area contributed by atoms with Crippen molar-refractivity contribution in [3.05, 3.63) is 66.7 Å². The topological polar surface area (TPSA) is 42.6 Å². The molecule has 2 heterocycles. The van der Waals surface area contributed by atoms with Gasteiger partial charge in [0, 0.05) is 17.0 Å². The number of hydrogen-bond donors (Lipinski definition) is 1. The highest BCUT2D eigenvalue weighted by atomic mass is 32.2. The van der Waals surface area contributed by atoms with Crippen molar-refractivity contribution in [1.82, 2.24) is 9.55 Å². The molecule has 1 fully saturated rings. The third kappa shape index (κ3) is 4.38. The van der Waals surface area contributed by atoms with E-state index in [1.807, 2.05) is 24.3 Å². The second-order valence-corrected chi connectivity index (χ2v) is 8.40. The molecule has 5 nitrogen and oxygen atoms in total. The Morgan fingerprint density at radius 3 is 2.59 bits per heavy atom. The van der Waals surface area contributed by atoms with Gasteiger partial charge < -0.3 is 9.80 Å². The molecule has 150 valence electrons. The van der Waals surface area contributed by atoms with Crippen LogP contribution < -0.4 is 9.80 Å². The van der Waals surface area contributed by atoms with E-state index in [0.29, 0.717) is 0 Å². The van der Waals surface area contributed by atoms with Gasteiger partial charge in [-0.2, -0.15) is 0 Å². The molecule has 1 aliphatic heterocycles. The number of quaternary nitrogens is 1. The number of para-hydroxylation sites is 2. The Bertz CT molecular complexity index is 1000. The number of carbonyl (C=O) groups is 1. The van der Waals surface area contributed by atoms with Crippen molar-refractivity contribution < 1.29 is 9.69 Å². The standard InChI is InChI=1S/C23H26N4OS/c1-3-16-29-23-24-21-6-4-5-7-22(21)27(23)17-25-12-14-26(15-13-25)20-10-8-19(9-11-20)18(2)28/h3-11H,1,12-17H2,2H3/p+1. The van der Waals surface area contributed by atoms with Gasteiger partial charge in [0.25, 0.3) is 0 Å². The maximum absolute atomic E-state index is 11.5. The van der Waals surface area contributed by atoms with Gasteiger partial charge in [0.15, 0.2) is 17.6 Å². The number of nitrogens with one attached hydrogen (secondary N) is 1. The Morgan fingerprint density at radius 2 is 1.90 bits per heavy atom. The zero-order valence-electron chi connectivity index (χ0n) is 16.8. The molecule has 0 aliphatic carbocycles. The van der Waals surface area contributed by atoms with Crippen LogP contribution in [0.1, 0.15) is 17.3 Å². The summed E-state index contributed by atoms with van der Waals surface area (Å²) in [5.74, 6) is 0.978. The number of imidazole rings is 1. The van der Waals surface area contributed by atoms with Gasteiger partial charge in [0.1, 0.15) is 0 Å². The zero-order chi connectivity index (χ0) is 20.2. The molecule has 0 saturated carbocycles. The summed E-state index contributed by atoms with van der Waals surface area (Å²) in [6, 6.07) is 16.4. The lowest BCUT2D eigenvalue weighted by Crippen LogP contribution is -3.14. The number of hydrogen-bond acceptors (Lipinski definition) is 4. The Kier molecular flexibility index (Phi) is 6.02. The summed E-state index contributed by atoms with van der Waals surface area (Å²) in [5, 5.41) is 1.07. The van der Waals surface area contributed by atoms with Gasteiger partial charge in [-0.15, -0.1) is 6.58 Å². The monoisotopic (exact) mass is 407 g/mol. The SMILES string of the molecule is C=CCSc1nc2ccccc2n1C[NH+]1CCN(c2ccc(C(C)=O)cc2)CC1. The normalized spacial score (nSPS) is 15.0. The van der Waals surface area contributed by atoms with Crippen molar-refractivity contribution in [2.75, 3.05) is 36.8 Å². The number of fused-ring (bicyclic) bond motifs is 1. The van der Waals surface area contributed by atoms with Gasteiger partial charge in [-0.05, 0) is 43.3 Å². The van der Waals surface area contributed by atoms with Crippen LogP contribution in [-0.4, -0.2) is 47.3 Å². The van der Waals surface area contributed by atoms with E-state index in [-0.39, 0.29) is 5.78 Å². The molecule has 2 aromatic carbocycles. The molecule has 0 unspecified atom stereocenters. The number of carbonyl (C=O) groups excluding carboxylic acids is 1. The first-order valence-electron chi connectivity index (χ1n) is 10.0. The van der Waals surface area contributed by atoms with Crippen LogP contribution >= 0.6 is 11.8 Å². The molecule has 0 amide bonds. The van der Waals surface area contributed by atoms with Crippen molar-refractivity contribution in [2.45, 2.75) is 18.7 Å². The Hall–Kier alpha value is -2.57. The highest BCUT2D eigenvalue weighted by Gasteiger charge is 2.22. The third-order valence-electron chi connectivity index (χ3n) is 5.44. The molecule has 0 atom stereocenters. The summed E-state index contributed by atoms with van der Waals surface area (Å²) in [5.41, 5.74) is 4.23. The van der Waals surface area contributed by atoms with E-state index in [1.165, 1.54) is 11.2 Å². The quantitative estimate of drug-likeness (QED) is 0.372. The first-order valence-corrected chi connectivity index (χ1v) is 11.0. The van der Waals surface area contributed by atoms with E-state index in [4.69, 9.17) is 4.98 Å². The van der Waals surface area contributed by atoms with Crippen LogP contribution in [0, 0.1) is 0 Å². The number of benzene rings is 2. The Balaban J connectivity index is 1.44. The molecule has 6 heteroatoms. The van der Waals surface area contributed by atoms with Crippen molar-refractivity contribution in [1.29, 1.82) is 0 Å². The lowest BCUT2D eigenvalue weighted by molar-refractivity contribution is -0.923. The van der Waals surface area contributed by atoms with E-state index in [0.717, 1.165) is 54.8 Å². The lowest BCUT2D eigenvalue weighted by Gasteiger charge is -2.34. The van der Waals surface area contributed by atoms with Gasteiger partial charge >= 0.3 is 0 Å². The van der Waals surface area contributed by atoms with Crippen LogP contribution in [0.2, 0.25) is 0 Å². The van der Waals surface area contributed by atoms with E-state index >= 15 is 0 Å². The molecule has 0 spiro atoms. The summed E-state index contributed by atoms with van der Waals surface area (Å²) in [7, 11) is 0. The minimum Gasteiger partial charge on any atom is -0.360 e. The molecule has 0 bridgehead atoms. The average Bonchev–Trinajstić information content (AvgIpc) is 3.10. The maximum Gasteiger partial charge on any atom is 0.173 e. The Labute approximate surface area is 176 Å². The number of rotatable bonds is 7. The number of anilines is 1. The van der Waals surface area contributed by atoms with Gasteiger partial charge in [-0.25, -0.2) is 4.98 Å². The fraction of sp³-hybridized carbons (Fsp3) is 0.304. The summed E-state index contributed by atoms with van der Waals surface area (Å²) in [4.78, 5) is 20.3. The maximum atomic E-state index is 11.5. The number of thioether (sulfide) groups is 1. The van der Waals surface area contributed by atoms with E-state index in [9.17, 15) is 4.79 Å². The lowest BCUT2D eigenvalue weighted by atomic mass is 10.1. The molecule has 1 N–H and O–H groups in total. The molecular formula is C23H27N4OS+. The smallest absolute Gasteiger partial charge is 0.173 e. The predicted molar refractivity (Wildman–Crippen MR) is 120 cm³/mol. The van der Waals surface area contributed by atoms with Crippen LogP contribution in [0.4, 0.5) is 5.69 Å². The number of piperazine rings is 1. The van der Waals surface area contributed by atoms with Crippen molar-refractivity contribution in [2.24, 2.45) is 0 Å². The van der Waals surface area contributed by atoms with Crippen LogP contribution in [0.25, 0.3) is 11.0 Å². The minimum atomic E-state index is 0.114. The summed E-state index contributed by atoms with van der Waals surface area (Å²) < 4.78 is 2.36. The van der Waals surface area contributed by atoms with Gasteiger partial charge in [0.2, 0.25) is 0 Å². The number of ketones is 1. The molecule has 0 radical (unpaired) electrons. The molecule has 1 aliphatic rings. The molecular weight excluding hydrogens is 380 g/mol. The fourth-order valence-electron chi connectivity index (χ4n) is 3.82. The molecule has 4 rings (SSSR count). The van der Waals surface area contributed by atoms with Gasteiger partial charge in [-0.1, -0.05) is 30.0 Å². The number of aromatic nitrogens is 2. The second kappa shape index (κ2) is 8.84. The predicted octanol–water partition coefficient (Wildman–Crippen LogP) is 2.88. The highest BCUT2D eigenvalue weighted by Crippen LogP contribution is 2.23. The molecule has 3 aromatic rings. The fourth-order valence-corrected chi connectivity index (χ4v) is 4.57. The molecule has 29 heavy (non-hydrogen) atoms. The minimum absolute atomic E-state index is 0.114.